The third kappa shape index (κ3) is 4.51. The molecule has 1 aliphatic carbocycles. The number of aromatic nitrogens is 2. The van der Waals surface area contributed by atoms with E-state index in [1.165, 1.54) is 29.3 Å². The molecule has 1 aliphatic rings. The monoisotopic (exact) mass is 391 g/mol. The number of amides is 1. The Morgan fingerprint density at radius 1 is 1.11 bits per heavy atom. The minimum Gasteiger partial charge on any atom is -0.484 e. The lowest BCUT2D eigenvalue weighted by molar-refractivity contribution is -0.118. The number of benzene rings is 2. The molecular weight excluding hydrogens is 370 g/mol. The molecule has 1 N–H and O–H groups in total. The van der Waals surface area contributed by atoms with E-state index in [1.807, 2.05) is 31.2 Å². The van der Waals surface area contributed by atoms with Crippen molar-refractivity contribution in [2.75, 3.05) is 11.9 Å². The minimum absolute atomic E-state index is 0.00736. The fraction of sp³-hybridized carbons (Fsp3) is 0.227. The van der Waals surface area contributed by atoms with E-state index < -0.39 is 0 Å². The Hall–Kier alpha value is -2.86. The van der Waals surface area contributed by atoms with Crippen molar-refractivity contribution in [2.45, 2.75) is 36.2 Å². The van der Waals surface area contributed by atoms with Gasteiger partial charge < -0.3 is 10.1 Å². The first-order valence-corrected chi connectivity index (χ1v) is 10.1. The van der Waals surface area contributed by atoms with Crippen molar-refractivity contribution in [1.29, 1.82) is 0 Å². The third-order valence-corrected chi connectivity index (χ3v) is 5.55. The molecule has 0 saturated heterocycles. The van der Waals surface area contributed by atoms with Crippen molar-refractivity contribution in [3.8, 4) is 5.75 Å². The van der Waals surface area contributed by atoms with Crippen LogP contribution in [-0.4, -0.2) is 22.5 Å². The highest BCUT2D eigenvalue weighted by Crippen LogP contribution is 2.28. The van der Waals surface area contributed by atoms with Gasteiger partial charge >= 0.3 is 0 Å². The van der Waals surface area contributed by atoms with Crippen LogP contribution in [-0.2, 0) is 17.6 Å². The van der Waals surface area contributed by atoms with E-state index in [0.29, 0.717) is 5.16 Å². The number of fused-ring (bicyclic) bond motifs is 1. The van der Waals surface area contributed by atoms with Gasteiger partial charge in [0.05, 0.1) is 0 Å². The lowest BCUT2D eigenvalue weighted by Crippen LogP contribution is -2.20. The molecule has 0 spiro atoms. The SMILES string of the molecule is Cc1cc(Sc2ncccn2)ccc1NC(=O)COc1ccc2c(c1)CCC2. The molecule has 0 unspecified atom stereocenters. The van der Waals surface area contributed by atoms with E-state index in [1.54, 1.807) is 18.5 Å². The molecular formula is C22H21N3O2S. The van der Waals surface area contributed by atoms with Crippen LogP contribution < -0.4 is 10.1 Å². The molecule has 5 nitrogen and oxygen atoms in total. The summed E-state index contributed by atoms with van der Waals surface area (Å²) in [6, 6.07) is 13.8. The summed E-state index contributed by atoms with van der Waals surface area (Å²) in [6.07, 6.45) is 6.87. The topological polar surface area (TPSA) is 64.1 Å². The number of aryl methyl sites for hydroxylation is 3. The second kappa shape index (κ2) is 8.44. The molecule has 0 saturated carbocycles. The van der Waals surface area contributed by atoms with Crippen LogP contribution in [0.3, 0.4) is 0 Å². The highest BCUT2D eigenvalue weighted by atomic mass is 32.2. The Labute approximate surface area is 168 Å². The van der Waals surface area contributed by atoms with Crippen molar-refractivity contribution in [3.63, 3.8) is 0 Å². The average Bonchev–Trinajstić information content (AvgIpc) is 3.17. The lowest BCUT2D eigenvalue weighted by Gasteiger charge is -2.11. The Morgan fingerprint density at radius 3 is 2.75 bits per heavy atom. The largest absolute Gasteiger partial charge is 0.484 e. The van der Waals surface area contributed by atoms with Gasteiger partial charge in [0.15, 0.2) is 11.8 Å². The molecule has 0 fully saturated rings. The van der Waals surface area contributed by atoms with Crippen LogP contribution in [0.4, 0.5) is 5.69 Å². The maximum Gasteiger partial charge on any atom is 0.262 e. The van der Waals surface area contributed by atoms with Crippen molar-refractivity contribution in [1.82, 2.24) is 9.97 Å². The van der Waals surface area contributed by atoms with Crippen molar-refractivity contribution >= 4 is 23.4 Å². The zero-order valence-corrected chi connectivity index (χ0v) is 16.5. The lowest BCUT2D eigenvalue weighted by atomic mass is 10.1. The first-order chi connectivity index (χ1) is 13.7. The number of nitrogens with zero attached hydrogens (tertiary/aromatic N) is 2. The van der Waals surface area contributed by atoms with Crippen LogP contribution in [0.5, 0.6) is 5.75 Å². The number of anilines is 1. The summed E-state index contributed by atoms with van der Waals surface area (Å²) in [5.74, 6) is 0.581. The maximum absolute atomic E-state index is 12.3. The molecule has 0 bridgehead atoms. The number of nitrogens with one attached hydrogen (secondary N) is 1. The van der Waals surface area contributed by atoms with Gasteiger partial charge in [-0.15, -0.1) is 0 Å². The summed E-state index contributed by atoms with van der Waals surface area (Å²) in [4.78, 5) is 21.7. The number of rotatable bonds is 6. The maximum atomic E-state index is 12.3. The van der Waals surface area contributed by atoms with Crippen LogP contribution in [0.25, 0.3) is 0 Å². The van der Waals surface area contributed by atoms with Gasteiger partial charge in [-0.3, -0.25) is 4.79 Å². The molecule has 1 heterocycles. The first-order valence-electron chi connectivity index (χ1n) is 9.27. The zero-order chi connectivity index (χ0) is 19.3. The number of carbonyl (C=O) groups is 1. The second-order valence-electron chi connectivity index (χ2n) is 6.73. The number of hydrogen-bond acceptors (Lipinski definition) is 5. The fourth-order valence-corrected chi connectivity index (χ4v) is 4.07. The molecule has 6 heteroatoms. The van der Waals surface area contributed by atoms with E-state index >= 15 is 0 Å². The zero-order valence-electron chi connectivity index (χ0n) is 15.6. The van der Waals surface area contributed by atoms with E-state index in [0.717, 1.165) is 34.7 Å². The van der Waals surface area contributed by atoms with Crippen molar-refractivity contribution in [3.05, 3.63) is 71.5 Å². The van der Waals surface area contributed by atoms with E-state index in [4.69, 9.17) is 4.74 Å². The molecule has 0 radical (unpaired) electrons. The molecule has 3 aromatic rings. The predicted octanol–water partition coefficient (Wildman–Crippen LogP) is 4.44. The summed E-state index contributed by atoms with van der Waals surface area (Å²) in [5, 5.41) is 3.62. The first kappa shape index (κ1) is 18.5. The van der Waals surface area contributed by atoms with Gasteiger partial charge in [0, 0.05) is 23.0 Å². The summed E-state index contributed by atoms with van der Waals surface area (Å²) >= 11 is 1.49. The van der Waals surface area contributed by atoms with Gasteiger partial charge in [0.25, 0.3) is 5.91 Å². The third-order valence-electron chi connectivity index (χ3n) is 4.66. The van der Waals surface area contributed by atoms with Crippen LogP contribution >= 0.6 is 11.8 Å². The van der Waals surface area contributed by atoms with Gasteiger partial charge in [-0.1, -0.05) is 6.07 Å². The number of carbonyl (C=O) groups excluding carboxylic acids is 1. The summed E-state index contributed by atoms with van der Waals surface area (Å²) < 4.78 is 5.68. The Bertz CT molecular complexity index is 992. The van der Waals surface area contributed by atoms with Crippen LogP contribution in [0.15, 0.2) is 64.9 Å². The molecule has 28 heavy (non-hydrogen) atoms. The smallest absolute Gasteiger partial charge is 0.262 e. The fourth-order valence-electron chi connectivity index (χ4n) is 3.26. The van der Waals surface area contributed by atoms with E-state index in [9.17, 15) is 4.79 Å². The molecule has 0 aliphatic heterocycles. The van der Waals surface area contributed by atoms with Gasteiger partial charge in [-0.25, -0.2) is 9.97 Å². The highest BCUT2D eigenvalue weighted by molar-refractivity contribution is 7.99. The summed E-state index contributed by atoms with van der Waals surface area (Å²) in [6.45, 7) is 1.96. The van der Waals surface area contributed by atoms with E-state index in [2.05, 4.69) is 27.4 Å². The van der Waals surface area contributed by atoms with Crippen molar-refractivity contribution in [2.24, 2.45) is 0 Å². The molecule has 4 rings (SSSR count). The van der Waals surface area contributed by atoms with Gasteiger partial charge in [0.1, 0.15) is 5.75 Å². The quantitative estimate of drug-likeness (QED) is 0.629. The Balaban J connectivity index is 1.34. The normalized spacial score (nSPS) is 12.5. The average molecular weight is 391 g/mol. The van der Waals surface area contributed by atoms with Gasteiger partial charge in [0.2, 0.25) is 0 Å². The minimum atomic E-state index is -0.171. The molecule has 142 valence electrons. The van der Waals surface area contributed by atoms with Gasteiger partial charge in [-0.2, -0.15) is 0 Å². The summed E-state index contributed by atoms with van der Waals surface area (Å²) in [7, 11) is 0. The molecule has 0 atom stereocenters. The van der Waals surface area contributed by atoms with Crippen LogP contribution in [0.2, 0.25) is 0 Å². The standard InChI is InChI=1S/C22H21N3O2S/c1-15-12-19(28-22-23-10-3-11-24-22)8-9-20(15)25-21(26)14-27-18-7-6-16-4-2-5-17(16)13-18/h3,6-13H,2,4-5,14H2,1H3,(H,25,26). The van der Waals surface area contributed by atoms with E-state index in [-0.39, 0.29) is 12.5 Å². The highest BCUT2D eigenvalue weighted by Gasteiger charge is 2.12. The molecule has 1 amide bonds. The van der Waals surface area contributed by atoms with Gasteiger partial charge in [-0.05, 0) is 91.0 Å². The summed E-state index contributed by atoms with van der Waals surface area (Å²) in [5.41, 5.74) is 4.49. The Kier molecular flexibility index (Phi) is 5.58. The van der Waals surface area contributed by atoms with Crippen LogP contribution in [0.1, 0.15) is 23.1 Å². The van der Waals surface area contributed by atoms with Crippen molar-refractivity contribution < 1.29 is 9.53 Å². The number of hydrogen-bond donors (Lipinski definition) is 1. The predicted molar refractivity (Wildman–Crippen MR) is 110 cm³/mol. The van der Waals surface area contributed by atoms with Crippen LogP contribution in [0, 0.1) is 6.92 Å². The number of ether oxygens (including phenoxy) is 1. The second-order valence-corrected chi connectivity index (χ2v) is 7.77. The molecule has 1 aromatic heterocycles. The molecule has 2 aromatic carbocycles. The Morgan fingerprint density at radius 2 is 1.93 bits per heavy atom.